The Morgan fingerprint density at radius 2 is 1.78 bits per heavy atom. The van der Waals surface area contributed by atoms with Crippen molar-refractivity contribution in [3.63, 3.8) is 0 Å². The number of carbonyl (C=O) groups excluding carboxylic acids is 2. The second kappa shape index (κ2) is 8.11. The van der Waals surface area contributed by atoms with Crippen molar-refractivity contribution in [2.75, 3.05) is 27.3 Å². The molecule has 23 heavy (non-hydrogen) atoms. The average Bonchev–Trinajstić information content (AvgIpc) is 2.98. The lowest BCUT2D eigenvalue weighted by Crippen LogP contribution is -2.32. The summed E-state index contributed by atoms with van der Waals surface area (Å²) in [5, 5.41) is 0. The van der Waals surface area contributed by atoms with E-state index in [-0.39, 0.29) is 18.0 Å². The highest BCUT2D eigenvalue weighted by atomic mass is 16.5. The van der Waals surface area contributed by atoms with E-state index in [4.69, 9.17) is 9.47 Å². The molecule has 0 unspecified atom stereocenters. The van der Waals surface area contributed by atoms with Gasteiger partial charge in [-0.2, -0.15) is 0 Å². The van der Waals surface area contributed by atoms with Crippen molar-refractivity contribution in [2.45, 2.75) is 25.8 Å². The van der Waals surface area contributed by atoms with Crippen molar-refractivity contribution in [2.24, 2.45) is 11.8 Å². The molecule has 0 spiro atoms. The summed E-state index contributed by atoms with van der Waals surface area (Å²) in [6.07, 6.45) is 2.08. The van der Waals surface area contributed by atoms with Crippen LogP contribution in [0.25, 0.3) is 0 Å². The molecule has 1 aliphatic rings. The summed E-state index contributed by atoms with van der Waals surface area (Å²) in [6.45, 7) is 3.49. The average molecular weight is 319 g/mol. The van der Waals surface area contributed by atoms with E-state index < -0.39 is 11.8 Å². The smallest absolute Gasteiger partial charge is 0.311 e. The van der Waals surface area contributed by atoms with Crippen molar-refractivity contribution in [1.82, 2.24) is 4.90 Å². The molecule has 1 fully saturated rings. The van der Waals surface area contributed by atoms with Gasteiger partial charge >= 0.3 is 11.9 Å². The molecule has 0 aliphatic carbocycles. The van der Waals surface area contributed by atoms with Gasteiger partial charge in [0, 0.05) is 12.6 Å². The van der Waals surface area contributed by atoms with Gasteiger partial charge in [-0.15, -0.1) is 0 Å². The van der Waals surface area contributed by atoms with Gasteiger partial charge in [0.25, 0.3) is 0 Å². The third-order valence-electron chi connectivity index (χ3n) is 4.52. The number of rotatable bonds is 6. The summed E-state index contributed by atoms with van der Waals surface area (Å²) in [6, 6.07) is 9.69. The Labute approximate surface area is 137 Å². The van der Waals surface area contributed by atoms with Gasteiger partial charge in [0.15, 0.2) is 0 Å². The number of ether oxygens (including phenoxy) is 2. The maximum atomic E-state index is 12.4. The van der Waals surface area contributed by atoms with Crippen LogP contribution in [0.1, 0.15) is 31.4 Å². The molecule has 0 saturated carbocycles. The van der Waals surface area contributed by atoms with Crippen LogP contribution in [0, 0.1) is 11.8 Å². The maximum Gasteiger partial charge on any atom is 0.311 e. The highest BCUT2D eigenvalue weighted by molar-refractivity contribution is 5.83. The van der Waals surface area contributed by atoms with Crippen molar-refractivity contribution in [1.29, 1.82) is 0 Å². The van der Waals surface area contributed by atoms with Crippen LogP contribution in [0.4, 0.5) is 0 Å². The Hall–Kier alpha value is -1.88. The summed E-state index contributed by atoms with van der Waals surface area (Å²) in [5.74, 6) is -1.73. The van der Waals surface area contributed by atoms with Crippen LogP contribution in [-0.2, 0) is 19.1 Å². The molecule has 0 N–H and O–H groups in total. The number of hydrogen-bond acceptors (Lipinski definition) is 5. The molecule has 1 heterocycles. The van der Waals surface area contributed by atoms with Gasteiger partial charge in [0.05, 0.1) is 26.1 Å². The fourth-order valence-electron chi connectivity index (χ4n) is 3.39. The molecular formula is C18H25NO4. The number of carbonyl (C=O) groups is 2. The van der Waals surface area contributed by atoms with E-state index in [9.17, 15) is 9.59 Å². The number of benzene rings is 1. The number of nitrogens with zero attached hydrogens (tertiary/aromatic N) is 1. The number of hydrogen-bond donors (Lipinski definition) is 0. The zero-order valence-corrected chi connectivity index (χ0v) is 14.0. The molecule has 3 atom stereocenters. The zero-order chi connectivity index (χ0) is 16.8. The van der Waals surface area contributed by atoms with Crippen molar-refractivity contribution < 1.29 is 19.1 Å². The lowest BCUT2D eigenvalue weighted by molar-refractivity contribution is -0.156. The van der Waals surface area contributed by atoms with Gasteiger partial charge in [0.2, 0.25) is 0 Å². The van der Waals surface area contributed by atoms with Crippen LogP contribution in [0.3, 0.4) is 0 Å². The van der Waals surface area contributed by atoms with E-state index in [1.807, 2.05) is 30.3 Å². The largest absolute Gasteiger partial charge is 0.469 e. The minimum atomic E-state index is -0.535. The summed E-state index contributed by atoms with van der Waals surface area (Å²) in [4.78, 5) is 26.8. The maximum absolute atomic E-state index is 12.4. The van der Waals surface area contributed by atoms with Crippen LogP contribution in [0.2, 0.25) is 0 Å². The monoisotopic (exact) mass is 319 g/mol. The first-order valence-electron chi connectivity index (χ1n) is 8.08. The molecule has 5 heteroatoms. The van der Waals surface area contributed by atoms with E-state index in [2.05, 4.69) is 11.8 Å². The Balaban J connectivity index is 2.39. The SMILES string of the molecule is CCCCN1C[C@H](C(=O)OC)[C@@H](C(=O)OC)[C@H]1c1ccccc1. The fourth-order valence-corrected chi connectivity index (χ4v) is 3.39. The number of unbranched alkanes of at least 4 members (excludes halogenated alkanes) is 1. The fraction of sp³-hybridized carbons (Fsp3) is 0.556. The zero-order valence-electron chi connectivity index (χ0n) is 14.0. The molecule has 126 valence electrons. The van der Waals surface area contributed by atoms with E-state index in [0.29, 0.717) is 6.54 Å². The molecule has 0 aromatic heterocycles. The predicted octanol–water partition coefficient (Wildman–Crippen LogP) is 2.42. The van der Waals surface area contributed by atoms with Crippen molar-refractivity contribution in [3.8, 4) is 0 Å². The highest BCUT2D eigenvalue weighted by Crippen LogP contribution is 2.42. The molecule has 0 radical (unpaired) electrons. The molecule has 5 nitrogen and oxygen atoms in total. The predicted molar refractivity (Wildman–Crippen MR) is 86.7 cm³/mol. The van der Waals surface area contributed by atoms with Gasteiger partial charge in [-0.25, -0.2) is 0 Å². The highest BCUT2D eigenvalue weighted by Gasteiger charge is 2.50. The number of esters is 2. The van der Waals surface area contributed by atoms with E-state index >= 15 is 0 Å². The summed E-state index contributed by atoms with van der Waals surface area (Å²) in [7, 11) is 2.73. The molecule has 1 aliphatic heterocycles. The van der Waals surface area contributed by atoms with E-state index in [1.54, 1.807) is 0 Å². The van der Waals surface area contributed by atoms with Crippen molar-refractivity contribution >= 4 is 11.9 Å². The van der Waals surface area contributed by atoms with Gasteiger partial charge in [0.1, 0.15) is 0 Å². The lowest BCUT2D eigenvalue weighted by atomic mass is 9.87. The van der Waals surface area contributed by atoms with Crippen LogP contribution in [0.5, 0.6) is 0 Å². The minimum absolute atomic E-state index is 0.153. The van der Waals surface area contributed by atoms with Gasteiger partial charge in [-0.3, -0.25) is 14.5 Å². The number of methoxy groups -OCH3 is 2. The van der Waals surface area contributed by atoms with Crippen LogP contribution in [0.15, 0.2) is 30.3 Å². The second-order valence-corrected chi connectivity index (χ2v) is 5.88. The second-order valence-electron chi connectivity index (χ2n) is 5.88. The Morgan fingerprint density at radius 1 is 1.13 bits per heavy atom. The minimum Gasteiger partial charge on any atom is -0.469 e. The standard InChI is InChI=1S/C18H25NO4/c1-4-5-11-19-12-14(17(20)22-2)15(18(21)23-3)16(19)13-9-7-6-8-10-13/h6-10,14-16H,4-5,11-12H2,1-3H3/t14-,15+,16+/m0/s1. The van der Waals surface area contributed by atoms with E-state index in [1.165, 1.54) is 14.2 Å². The lowest BCUT2D eigenvalue weighted by Gasteiger charge is -2.27. The van der Waals surface area contributed by atoms with Gasteiger partial charge in [-0.05, 0) is 18.5 Å². The summed E-state index contributed by atoms with van der Waals surface area (Å²) < 4.78 is 9.91. The Morgan fingerprint density at radius 3 is 2.35 bits per heavy atom. The Bertz CT molecular complexity index is 531. The van der Waals surface area contributed by atoms with Crippen LogP contribution in [-0.4, -0.2) is 44.1 Å². The molecule has 0 bridgehead atoms. The first-order chi connectivity index (χ1) is 11.1. The van der Waals surface area contributed by atoms with Crippen molar-refractivity contribution in [3.05, 3.63) is 35.9 Å². The third-order valence-corrected chi connectivity index (χ3v) is 4.52. The Kier molecular flexibility index (Phi) is 6.16. The van der Waals surface area contributed by atoms with Gasteiger partial charge in [-0.1, -0.05) is 43.7 Å². The summed E-state index contributed by atoms with van der Waals surface area (Å²) >= 11 is 0. The van der Waals surface area contributed by atoms with E-state index in [0.717, 1.165) is 24.9 Å². The molecular weight excluding hydrogens is 294 g/mol. The number of likely N-dealkylation sites (tertiary alicyclic amines) is 1. The molecule has 1 aromatic carbocycles. The normalized spacial score (nSPS) is 24.4. The molecule has 0 amide bonds. The first kappa shape index (κ1) is 17.5. The van der Waals surface area contributed by atoms with Crippen LogP contribution < -0.4 is 0 Å². The molecule has 2 rings (SSSR count). The van der Waals surface area contributed by atoms with Crippen LogP contribution >= 0.6 is 0 Å². The third kappa shape index (κ3) is 3.72. The molecule has 1 saturated heterocycles. The topological polar surface area (TPSA) is 55.8 Å². The quantitative estimate of drug-likeness (QED) is 0.754. The summed E-state index contributed by atoms with van der Waals surface area (Å²) in [5.41, 5.74) is 1.03. The van der Waals surface area contributed by atoms with Gasteiger partial charge < -0.3 is 9.47 Å². The molecule has 1 aromatic rings. The first-order valence-corrected chi connectivity index (χ1v) is 8.08.